The van der Waals surface area contributed by atoms with Gasteiger partial charge in [0.1, 0.15) is 6.10 Å². The van der Waals surface area contributed by atoms with Crippen molar-refractivity contribution < 1.29 is 9.26 Å². The Morgan fingerprint density at radius 3 is 3.05 bits per heavy atom. The summed E-state index contributed by atoms with van der Waals surface area (Å²) < 4.78 is 11.9. The van der Waals surface area contributed by atoms with Crippen molar-refractivity contribution in [3.8, 4) is 11.4 Å². The molecule has 2 heterocycles. The Labute approximate surface area is 119 Å². The van der Waals surface area contributed by atoms with Crippen molar-refractivity contribution in [1.29, 1.82) is 0 Å². The van der Waals surface area contributed by atoms with E-state index in [9.17, 15) is 0 Å². The zero-order chi connectivity index (χ0) is 13.2. The molecule has 6 heteroatoms. The number of aromatic nitrogens is 2. The molecule has 1 N–H and O–H groups in total. The fourth-order valence-electron chi connectivity index (χ4n) is 2.08. The number of hydrogen-bond donors (Lipinski definition) is 1. The monoisotopic (exact) mass is 323 g/mol. The largest absolute Gasteiger partial charge is 0.366 e. The van der Waals surface area contributed by atoms with Crippen LogP contribution >= 0.6 is 15.9 Å². The Balaban J connectivity index is 1.87. The maximum Gasteiger partial charge on any atom is 0.257 e. The number of nitrogens with zero attached hydrogens (tertiary/aromatic N) is 2. The number of benzene rings is 1. The van der Waals surface area contributed by atoms with Gasteiger partial charge >= 0.3 is 0 Å². The minimum Gasteiger partial charge on any atom is -0.366 e. The lowest BCUT2D eigenvalue weighted by Crippen LogP contribution is -2.33. The van der Waals surface area contributed by atoms with Crippen molar-refractivity contribution >= 4 is 15.9 Å². The van der Waals surface area contributed by atoms with Gasteiger partial charge in [-0.1, -0.05) is 21.1 Å². The van der Waals surface area contributed by atoms with Gasteiger partial charge in [-0.05, 0) is 30.7 Å². The van der Waals surface area contributed by atoms with E-state index in [2.05, 4.69) is 31.4 Å². The van der Waals surface area contributed by atoms with Gasteiger partial charge in [-0.3, -0.25) is 0 Å². The number of hydrogen-bond acceptors (Lipinski definition) is 5. The van der Waals surface area contributed by atoms with E-state index in [1.807, 2.05) is 25.1 Å². The smallest absolute Gasteiger partial charge is 0.257 e. The minimum atomic E-state index is -0.147. The van der Waals surface area contributed by atoms with Crippen molar-refractivity contribution in [3.05, 3.63) is 34.1 Å². The van der Waals surface area contributed by atoms with E-state index in [0.717, 1.165) is 22.1 Å². The van der Waals surface area contributed by atoms with Crippen LogP contribution in [-0.2, 0) is 4.74 Å². The quantitative estimate of drug-likeness (QED) is 0.920. The molecule has 1 fully saturated rings. The summed E-state index contributed by atoms with van der Waals surface area (Å²) in [6.45, 7) is 4.26. The first kappa shape index (κ1) is 12.8. The normalized spacial score (nSPS) is 19.6. The van der Waals surface area contributed by atoms with Crippen LogP contribution in [0.4, 0.5) is 0 Å². The summed E-state index contributed by atoms with van der Waals surface area (Å²) in [5.41, 5.74) is 2.08. The Morgan fingerprint density at radius 1 is 1.42 bits per heavy atom. The number of morpholine rings is 1. The van der Waals surface area contributed by atoms with E-state index < -0.39 is 0 Å². The second kappa shape index (κ2) is 5.40. The van der Waals surface area contributed by atoms with Crippen LogP contribution < -0.4 is 5.32 Å². The van der Waals surface area contributed by atoms with Gasteiger partial charge in [0.25, 0.3) is 5.89 Å². The van der Waals surface area contributed by atoms with Crippen molar-refractivity contribution in [2.24, 2.45) is 0 Å². The van der Waals surface area contributed by atoms with Gasteiger partial charge in [-0.25, -0.2) is 0 Å². The molecule has 1 atom stereocenters. The van der Waals surface area contributed by atoms with Crippen molar-refractivity contribution in [1.82, 2.24) is 15.5 Å². The highest BCUT2D eigenvalue weighted by atomic mass is 79.9. The van der Waals surface area contributed by atoms with Crippen LogP contribution in [-0.4, -0.2) is 29.8 Å². The molecule has 0 amide bonds. The maximum absolute atomic E-state index is 5.60. The van der Waals surface area contributed by atoms with E-state index in [1.165, 1.54) is 0 Å². The fraction of sp³-hybridized carbons (Fsp3) is 0.385. The van der Waals surface area contributed by atoms with Crippen LogP contribution in [0.5, 0.6) is 0 Å². The van der Waals surface area contributed by atoms with Crippen molar-refractivity contribution in [2.45, 2.75) is 13.0 Å². The molecule has 19 heavy (non-hydrogen) atoms. The third-order valence-electron chi connectivity index (χ3n) is 3.07. The Hall–Kier alpha value is -1.24. The van der Waals surface area contributed by atoms with Crippen LogP contribution in [0, 0.1) is 6.92 Å². The first-order chi connectivity index (χ1) is 9.24. The Kier molecular flexibility index (Phi) is 3.63. The lowest BCUT2D eigenvalue weighted by atomic mass is 10.1. The number of aryl methyl sites for hydroxylation is 1. The third kappa shape index (κ3) is 2.70. The van der Waals surface area contributed by atoms with Crippen molar-refractivity contribution in [3.63, 3.8) is 0 Å². The molecule has 0 saturated carbocycles. The van der Waals surface area contributed by atoms with Crippen molar-refractivity contribution in [2.75, 3.05) is 19.7 Å². The molecule has 1 aliphatic heterocycles. The molecule has 3 rings (SSSR count). The molecule has 5 nitrogen and oxygen atoms in total. The molecule has 0 aliphatic carbocycles. The van der Waals surface area contributed by atoms with E-state index >= 15 is 0 Å². The van der Waals surface area contributed by atoms with Crippen LogP contribution in [0.2, 0.25) is 0 Å². The fourth-order valence-corrected chi connectivity index (χ4v) is 2.55. The van der Waals surface area contributed by atoms with E-state index in [-0.39, 0.29) is 6.10 Å². The second-order valence-electron chi connectivity index (χ2n) is 4.48. The van der Waals surface area contributed by atoms with Crippen LogP contribution in [0.25, 0.3) is 11.4 Å². The highest BCUT2D eigenvalue weighted by Crippen LogP contribution is 2.26. The topological polar surface area (TPSA) is 60.2 Å². The number of ether oxygens (including phenoxy) is 1. The second-order valence-corrected chi connectivity index (χ2v) is 5.39. The molecule has 0 spiro atoms. The molecule has 1 aromatic carbocycles. The first-order valence-electron chi connectivity index (χ1n) is 6.16. The zero-order valence-electron chi connectivity index (χ0n) is 10.5. The molecule has 0 bridgehead atoms. The van der Waals surface area contributed by atoms with Gasteiger partial charge in [-0.2, -0.15) is 4.98 Å². The van der Waals surface area contributed by atoms with Crippen LogP contribution in [0.3, 0.4) is 0 Å². The molecule has 100 valence electrons. The summed E-state index contributed by atoms with van der Waals surface area (Å²) in [5.74, 6) is 1.14. The SMILES string of the molecule is Cc1cc(Br)ccc1-c1noc(C2CNCCO2)n1. The van der Waals surface area contributed by atoms with Gasteiger partial charge in [-0.15, -0.1) is 0 Å². The molecule has 2 aromatic rings. The molecule has 1 aromatic heterocycles. The summed E-state index contributed by atoms with van der Waals surface area (Å²) in [6.07, 6.45) is -0.147. The summed E-state index contributed by atoms with van der Waals surface area (Å²) in [7, 11) is 0. The summed E-state index contributed by atoms with van der Waals surface area (Å²) in [4.78, 5) is 4.44. The van der Waals surface area contributed by atoms with Gasteiger partial charge < -0.3 is 14.6 Å². The number of nitrogens with one attached hydrogen (secondary N) is 1. The highest BCUT2D eigenvalue weighted by molar-refractivity contribution is 9.10. The van der Waals surface area contributed by atoms with Crippen LogP contribution in [0.15, 0.2) is 27.2 Å². The molecule has 1 unspecified atom stereocenters. The van der Waals surface area contributed by atoms with E-state index in [1.54, 1.807) is 0 Å². The maximum atomic E-state index is 5.60. The molecule has 0 radical (unpaired) electrons. The highest BCUT2D eigenvalue weighted by Gasteiger charge is 2.22. The standard InChI is InChI=1S/C13H14BrN3O2/c1-8-6-9(14)2-3-10(8)12-16-13(19-17-12)11-7-15-4-5-18-11/h2-3,6,11,15H,4-5,7H2,1H3. The van der Waals surface area contributed by atoms with Gasteiger partial charge in [0.2, 0.25) is 5.82 Å². The molecule has 1 saturated heterocycles. The van der Waals surface area contributed by atoms with Crippen LogP contribution in [0.1, 0.15) is 17.6 Å². The Bertz CT molecular complexity index is 579. The third-order valence-corrected chi connectivity index (χ3v) is 3.57. The van der Waals surface area contributed by atoms with Gasteiger partial charge in [0, 0.05) is 23.1 Å². The lowest BCUT2D eigenvalue weighted by Gasteiger charge is -2.19. The predicted octanol–water partition coefficient (Wildman–Crippen LogP) is 2.47. The average Bonchev–Trinajstić information content (AvgIpc) is 2.89. The predicted molar refractivity (Wildman–Crippen MR) is 73.7 cm³/mol. The minimum absolute atomic E-state index is 0.147. The van der Waals surface area contributed by atoms with Gasteiger partial charge in [0.05, 0.1) is 6.61 Å². The van der Waals surface area contributed by atoms with E-state index in [4.69, 9.17) is 9.26 Å². The molecule has 1 aliphatic rings. The molecular formula is C13H14BrN3O2. The summed E-state index contributed by atoms with van der Waals surface area (Å²) in [5, 5.41) is 7.29. The zero-order valence-corrected chi connectivity index (χ0v) is 12.1. The van der Waals surface area contributed by atoms with E-state index in [0.29, 0.717) is 24.9 Å². The number of rotatable bonds is 2. The summed E-state index contributed by atoms with van der Waals surface area (Å²) >= 11 is 3.44. The molecular weight excluding hydrogens is 310 g/mol. The van der Waals surface area contributed by atoms with Gasteiger partial charge in [0.15, 0.2) is 0 Å². The number of halogens is 1. The average molecular weight is 324 g/mol. The lowest BCUT2D eigenvalue weighted by molar-refractivity contribution is 0.00755. The Morgan fingerprint density at radius 2 is 2.32 bits per heavy atom. The first-order valence-corrected chi connectivity index (χ1v) is 6.96. The summed E-state index contributed by atoms with van der Waals surface area (Å²) in [6, 6.07) is 5.98.